The van der Waals surface area contributed by atoms with Crippen LogP contribution >= 0.6 is 0 Å². The first-order valence-corrected chi connectivity index (χ1v) is 6.78. The third-order valence-electron chi connectivity index (χ3n) is 3.90. The Morgan fingerprint density at radius 3 is 1.90 bits per heavy atom. The summed E-state index contributed by atoms with van der Waals surface area (Å²) in [7, 11) is 0. The maximum absolute atomic E-state index is 9.91. The van der Waals surface area contributed by atoms with Crippen molar-refractivity contribution in [1.29, 1.82) is 0 Å². The highest BCUT2D eigenvalue weighted by molar-refractivity contribution is 4.91. The van der Waals surface area contributed by atoms with E-state index in [1.54, 1.807) is 0 Å². The van der Waals surface area contributed by atoms with Gasteiger partial charge in [0.2, 0.25) is 0 Å². The third-order valence-corrected chi connectivity index (χ3v) is 3.90. The molecule has 6 N–H and O–H groups in total. The molecule has 0 aromatic rings. The van der Waals surface area contributed by atoms with E-state index in [4.69, 9.17) is 14.2 Å². The first-order chi connectivity index (χ1) is 9.73. The van der Waals surface area contributed by atoms with Crippen molar-refractivity contribution in [3.63, 3.8) is 0 Å². The summed E-state index contributed by atoms with van der Waals surface area (Å²) in [5, 5.41) is 58.0. The fourth-order valence-electron chi connectivity index (χ4n) is 2.49. The van der Waals surface area contributed by atoms with Crippen molar-refractivity contribution in [3.05, 3.63) is 0 Å². The summed E-state index contributed by atoms with van der Waals surface area (Å²) in [6.45, 7) is 3.00. The number of rotatable bonds is 2. The Hall–Kier alpha value is -0.360. The highest BCUT2D eigenvalue weighted by Gasteiger charge is 2.48. The molecule has 2 aliphatic heterocycles. The zero-order chi connectivity index (χ0) is 15.9. The number of aliphatic hydroxyl groups is 6. The lowest BCUT2D eigenvalue weighted by Crippen LogP contribution is -2.62. The van der Waals surface area contributed by atoms with Gasteiger partial charge in [0.05, 0.1) is 12.2 Å². The largest absolute Gasteiger partial charge is 0.388 e. The molecule has 124 valence electrons. The van der Waals surface area contributed by atoms with Crippen LogP contribution in [0.2, 0.25) is 0 Å². The lowest BCUT2D eigenvalue weighted by atomic mass is 9.98. The van der Waals surface area contributed by atoms with Gasteiger partial charge in [0, 0.05) is 0 Å². The van der Waals surface area contributed by atoms with E-state index in [1.165, 1.54) is 13.8 Å². The Balaban J connectivity index is 2.06. The van der Waals surface area contributed by atoms with Crippen molar-refractivity contribution >= 4 is 0 Å². The molecule has 0 aliphatic carbocycles. The molecule has 0 spiro atoms. The van der Waals surface area contributed by atoms with E-state index >= 15 is 0 Å². The van der Waals surface area contributed by atoms with Gasteiger partial charge in [0.1, 0.15) is 36.6 Å². The molecule has 2 heterocycles. The van der Waals surface area contributed by atoms with Crippen LogP contribution in [0.5, 0.6) is 0 Å². The highest BCUT2D eigenvalue weighted by Crippen LogP contribution is 2.28. The van der Waals surface area contributed by atoms with Gasteiger partial charge < -0.3 is 44.8 Å². The van der Waals surface area contributed by atoms with Crippen molar-refractivity contribution < 1.29 is 44.8 Å². The third kappa shape index (κ3) is 3.21. The van der Waals surface area contributed by atoms with E-state index < -0.39 is 61.4 Å². The maximum atomic E-state index is 9.91. The predicted molar refractivity (Wildman–Crippen MR) is 65.8 cm³/mol. The summed E-state index contributed by atoms with van der Waals surface area (Å²) in [4.78, 5) is 0. The zero-order valence-electron chi connectivity index (χ0n) is 11.7. The topological polar surface area (TPSA) is 149 Å². The molecule has 21 heavy (non-hydrogen) atoms. The molecule has 2 rings (SSSR count). The molecule has 0 radical (unpaired) electrons. The average molecular weight is 310 g/mol. The minimum Gasteiger partial charge on any atom is -0.388 e. The van der Waals surface area contributed by atoms with Crippen LogP contribution in [0.1, 0.15) is 13.8 Å². The van der Waals surface area contributed by atoms with Gasteiger partial charge in [-0.3, -0.25) is 0 Å². The molecule has 0 saturated carbocycles. The van der Waals surface area contributed by atoms with E-state index in [0.29, 0.717) is 0 Å². The van der Waals surface area contributed by atoms with Crippen LogP contribution in [0, 0.1) is 0 Å². The molecule has 0 amide bonds. The van der Waals surface area contributed by atoms with Crippen LogP contribution in [-0.2, 0) is 14.2 Å². The molecular weight excluding hydrogens is 288 g/mol. The number of hydrogen-bond donors (Lipinski definition) is 6. The van der Waals surface area contributed by atoms with E-state index in [9.17, 15) is 30.6 Å². The van der Waals surface area contributed by atoms with Gasteiger partial charge in [-0.05, 0) is 13.8 Å². The first-order valence-electron chi connectivity index (χ1n) is 6.78. The molecule has 2 fully saturated rings. The van der Waals surface area contributed by atoms with E-state index in [2.05, 4.69) is 0 Å². The van der Waals surface area contributed by atoms with Crippen LogP contribution in [0.3, 0.4) is 0 Å². The van der Waals surface area contributed by atoms with Gasteiger partial charge in [-0.15, -0.1) is 0 Å². The second-order valence-electron chi connectivity index (χ2n) is 5.50. The molecule has 0 unspecified atom stereocenters. The monoisotopic (exact) mass is 310 g/mol. The quantitative estimate of drug-likeness (QED) is 0.308. The highest BCUT2D eigenvalue weighted by atomic mass is 16.7. The smallest absolute Gasteiger partial charge is 0.187 e. The van der Waals surface area contributed by atoms with Gasteiger partial charge in [-0.2, -0.15) is 0 Å². The SMILES string of the molecule is C[C@H]1O[C@@H](O[C@@H]2[C@@H](O)[C@@H](O)[C@H](O)O[C@@H]2C)[C@H](O)[C@H](O)[C@@H]1O. The van der Waals surface area contributed by atoms with Gasteiger partial charge in [-0.1, -0.05) is 0 Å². The van der Waals surface area contributed by atoms with Gasteiger partial charge in [0.15, 0.2) is 12.6 Å². The fourth-order valence-corrected chi connectivity index (χ4v) is 2.49. The molecule has 2 saturated heterocycles. The van der Waals surface area contributed by atoms with Crippen molar-refractivity contribution in [2.75, 3.05) is 0 Å². The Morgan fingerprint density at radius 2 is 1.29 bits per heavy atom. The second-order valence-corrected chi connectivity index (χ2v) is 5.50. The van der Waals surface area contributed by atoms with Crippen LogP contribution in [0.4, 0.5) is 0 Å². The summed E-state index contributed by atoms with van der Waals surface area (Å²) in [5.74, 6) is 0. The lowest BCUT2D eigenvalue weighted by molar-refractivity contribution is -0.348. The molecule has 9 heteroatoms. The Kier molecular flexibility index (Phi) is 5.19. The molecule has 2 aliphatic rings. The number of ether oxygens (including phenoxy) is 3. The minimum absolute atomic E-state index is 0.784. The Morgan fingerprint density at radius 1 is 0.667 bits per heavy atom. The molecular formula is C12H22O9. The molecule has 0 aromatic heterocycles. The molecule has 9 nitrogen and oxygen atoms in total. The maximum Gasteiger partial charge on any atom is 0.187 e. The Labute approximate surface area is 121 Å². The average Bonchev–Trinajstić information content (AvgIpc) is 2.44. The van der Waals surface area contributed by atoms with E-state index in [0.717, 1.165) is 0 Å². The van der Waals surface area contributed by atoms with Crippen LogP contribution in [-0.4, -0.2) is 92.1 Å². The van der Waals surface area contributed by atoms with Crippen molar-refractivity contribution in [3.8, 4) is 0 Å². The number of aliphatic hydroxyl groups excluding tert-OH is 6. The number of hydrogen-bond acceptors (Lipinski definition) is 9. The van der Waals surface area contributed by atoms with E-state index in [-0.39, 0.29) is 0 Å². The van der Waals surface area contributed by atoms with Crippen molar-refractivity contribution in [1.82, 2.24) is 0 Å². The standard InChI is InChI=1S/C12H22O9/c1-3-5(13)6(14)9(17)12(20-3)21-10-4(2)19-11(18)8(16)7(10)15/h3-18H,1-2H3/t3-,4-,5-,6-,7+,8-,9-,10+,11-,12+/m1/s1. The van der Waals surface area contributed by atoms with Gasteiger partial charge >= 0.3 is 0 Å². The van der Waals surface area contributed by atoms with Gasteiger partial charge in [0.25, 0.3) is 0 Å². The first kappa shape index (κ1) is 17.0. The van der Waals surface area contributed by atoms with Crippen LogP contribution < -0.4 is 0 Å². The zero-order valence-corrected chi connectivity index (χ0v) is 11.7. The summed E-state index contributed by atoms with van der Waals surface area (Å²) in [6.07, 6.45) is -12.8. The molecule has 0 aromatic carbocycles. The fraction of sp³-hybridized carbons (Fsp3) is 1.00. The Bertz CT molecular complexity index is 354. The minimum atomic E-state index is -1.57. The molecule has 10 atom stereocenters. The van der Waals surface area contributed by atoms with E-state index in [1.807, 2.05) is 0 Å². The normalized spacial score (nSPS) is 55.4. The van der Waals surface area contributed by atoms with Crippen LogP contribution in [0.15, 0.2) is 0 Å². The molecule has 0 bridgehead atoms. The summed E-state index contributed by atoms with van der Waals surface area (Å²) >= 11 is 0. The summed E-state index contributed by atoms with van der Waals surface area (Å²) in [6, 6.07) is 0. The lowest BCUT2D eigenvalue weighted by Gasteiger charge is -2.44. The predicted octanol–water partition coefficient (Wildman–Crippen LogP) is -3.34. The van der Waals surface area contributed by atoms with Crippen molar-refractivity contribution in [2.24, 2.45) is 0 Å². The second kappa shape index (κ2) is 6.41. The van der Waals surface area contributed by atoms with Crippen LogP contribution in [0.25, 0.3) is 0 Å². The van der Waals surface area contributed by atoms with Crippen molar-refractivity contribution in [2.45, 2.75) is 75.3 Å². The summed E-state index contributed by atoms with van der Waals surface area (Å²) < 4.78 is 15.6. The van der Waals surface area contributed by atoms with Gasteiger partial charge in [-0.25, -0.2) is 0 Å². The summed E-state index contributed by atoms with van der Waals surface area (Å²) in [5.41, 5.74) is 0.